The molecule has 1 heterocycles. The summed E-state index contributed by atoms with van der Waals surface area (Å²) in [5.41, 5.74) is 0.903. The van der Waals surface area contributed by atoms with Crippen LogP contribution in [0.1, 0.15) is 18.4 Å². The Hall–Kier alpha value is -1.46. The molecular weight excluding hydrogens is 249 g/mol. The standard InChI is InChI=1S/C14H18FNO3/c1-10-12(15)5-2-6-13(10)16-14(17)9-18-8-11-4-3-7-19-11/h2,5-6,11H,3-4,7-9H2,1H3,(H,16,17)/t11-/m0/s1. The first-order valence-electron chi connectivity index (χ1n) is 6.41. The molecule has 0 aliphatic carbocycles. The number of carbonyl (C=O) groups is 1. The zero-order valence-electron chi connectivity index (χ0n) is 10.9. The maximum absolute atomic E-state index is 13.3. The van der Waals surface area contributed by atoms with Gasteiger partial charge in [-0.1, -0.05) is 6.07 Å². The van der Waals surface area contributed by atoms with E-state index in [-0.39, 0.29) is 24.4 Å². The van der Waals surface area contributed by atoms with Crippen LogP contribution in [0.15, 0.2) is 18.2 Å². The number of rotatable bonds is 5. The van der Waals surface area contributed by atoms with Crippen molar-refractivity contribution >= 4 is 11.6 Å². The minimum atomic E-state index is -0.335. The number of nitrogens with one attached hydrogen (secondary N) is 1. The Bertz CT molecular complexity index is 444. The second-order valence-corrected chi connectivity index (χ2v) is 4.61. The fourth-order valence-electron chi connectivity index (χ4n) is 1.99. The van der Waals surface area contributed by atoms with Gasteiger partial charge in [-0.3, -0.25) is 4.79 Å². The summed E-state index contributed by atoms with van der Waals surface area (Å²) < 4.78 is 24.0. The Morgan fingerprint density at radius 1 is 1.58 bits per heavy atom. The summed E-state index contributed by atoms with van der Waals surface area (Å²) in [6, 6.07) is 4.58. The molecule has 1 amide bonds. The molecule has 5 heteroatoms. The number of hydrogen-bond donors (Lipinski definition) is 1. The summed E-state index contributed by atoms with van der Waals surface area (Å²) in [5.74, 6) is -0.621. The molecule has 1 aliphatic rings. The lowest BCUT2D eigenvalue weighted by atomic mass is 10.2. The van der Waals surface area contributed by atoms with Gasteiger partial charge in [-0.15, -0.1) is 0 Å². The van der Waals surface area contributed by atoms with E-state index < -0.39 is 0 Å². The van der Waals surface area contributed by atoms with Crippen molar-refractivity contribution in [3.63, 3.8) is 0 Å². The SMILES string of the molecule is Cc1c(F)cccc1NC(=O)COC[C@@H]1CCCO1. The fourth-order valence-corrected chi connectivity index (χ4v) is 1.99. The normalized spacial score (nSPS) is 18.5. The quantitative estimate of drug-likeness (QED) is 0.890. The third-order valence-electron chi connectivity index (χ3n) is 3.10. The lowest BCUT2D eigenvalue weighted by molar-refractivity contribution is -0.121. The highest BCUT2D eigenvalue weighted by atomic mass is 19.1. The second kappa shape index (κ2) is 6.63. The van der Waals surface area contributed by atoms with Crippen LogP contribution in [-0.2, 0) is 14.3 Å². The van der Waals surface area contributed by atoms with Gasteiger partial charge < -0.3 is 14.8 Å². The molecular formula is C14H18FNO3. The van der Waals surface area contributed by atoms with Crippen molar-refractivity contribution in [1.29, 1.82) is 0 Å². The van der Waals surface area contributed by atoms with E-state index in [1.807, 2.05) is 0 Å². The first-order chi connectivity index (χ1) is 9.16. The molecule has 104 valence electrons. The topological polar surface area (TPSA) is 47.6 Å². The van der Waals surface area contributed by atoms with Crippen LogP contribution in [0.3, 0.4) is 0 Å². The van der Waals surface area contributed by atoms with E-state index in [1.165, 1.54) is 6.07 Å². The van der Waals surface area contributed by atoms with Crippen molar-refractivity contribution in [2.45, 2.75) is 25.9 Å². The van der Waals surface area contributed by atoms with Crippen molar-refractivity contribution < 1.29 is 18.7 Å². The highest BCUT2D eigenvalue weighted by Gasteiger charge is 2.16. The molecule has 0 aromatic heterocycles. The Balaban J connectivity index is 1.76. The molecule has 1 aromatic rings. The molecule has 0 saturated carbocycles. The number of carbonyl (C=O) groups excluding carboxylic acids is 1. The maximum atomic E-state index is 13.3. The Morgan fingerprint density at radius 3 is 3.16 bits per heavy atom. The predicted octanol–water partition coefficient (Wildman–Crippen LogP) is 2.27. The number of halogens is 1. The van der Waals surface area contributed by atoms with Crippen LogP contribution in [0.4, 0.5) is 10.1 Å². The number of benzene rings is 1. The molecule has 1 fully saturated rings. The monoisotopic (exact) mass is 267 g/mol. The molecule has 4 nitrogen and oxygen atoms in total. The van der Waals surface area contributed by atoms with Crippen LogP contribution in [0.25, 0.3) is 0 Å². The van der Waals surface area contributed by atoms with Crippen molar-refractivity contribution in [3.05, 3.63) is 29.6 Å². The molecule has 1 N–H and O–H groups in total. The van der Waals surface area contributed by atoms with Crippen LogP contribution in [-0.4, -0.2) is 31.8 Å². The van der Waals surface area contributed by atoms with Crippen molar-refractivity contribution in [3.8, 4) is 0 Å². The maximum Gasteiger partial charge on any atom is 0.250 e. The van der Waals surface area contributed by atoms with E-state index in [0.29, 0.717) is 17.9 Å². The highest BCUT2D eigenvalue weighted by Crippen LogP contribution is 2.17. The van der Waals surface area contributed by atoms with Crippen molar-refractivity contribution in [2.24, 2.45) is 0 Å². The largest absolute Gasteiger partial charge is 0.376 e. The summed E-state index contributed by atoms with van der Waals surface area (Å²) in [4.78, 5) is 11.7. The van der Waals surface area contributed by atoms with E-state index in [4.69, 9.17) is 9.47 Å². The van der Waals surface area contributed by atoms with Gasteiger partial charge in [0.2, 0.25) is 5.91 Å². The van der Waals surface area contributed by atoms with Gasteiger partial charge in [0.15, 0.2) is 0 Å². The van der Waals surface area contributed by atoms with Gasteiger partial charge in [0, 0.05) is 17.9 Å². The minimum absolute atomic E-state index is 0.0458. The summed E-state index contributed by atoms with van der Waals surface area (Å²) in [5, 5.41) is 2.63. The average Bonchev–Trinajstić information content (AvgIpc) is 2.88. The number of ether oxygens (including phenoxy) is 2. The van der Waals surface area contributed by atoms with E-state index in [9.17, 15) is 9.18 Å². The lowest BCUT2D eigenvalue weighted by Gasteiger charge is -2.11. The molecule has 0 radical (unpaired) electrons. The van der Waals surface area contributed by atoms with Gasteiger partial charge in [-0.2, -0.15) is 0 Å². The molecule has 0 spiro atoms. The molecule has 1 aliphatic heterocycles. The molecule has 1 atom stereocenters. The van der Waals surface area contributed by atoms with Crippen LogP contribution in [0, 0.1) is 12.7 Å². The van der Waals surface area contributed by atoms with Crippen molar-refractivity contribution in [2.75, 3.05) is 25.1 Å². The fraction of sp³-hybridized carbons (Fsp3) is 0.500. The second-order valence-electron chi connectivity index (χ2n) is 4.61. The molecule has 1 saturated heterocycles. The van der Waals surface area contributed by atoms with Crippen LogP contribution in [0.5, 0.6) is 0 Å². The van der Waals surface area contributed by atoms with E-state index >= 15 is 0 Å². The van der Waals surface area contributed by atoms with Crippen LogP contribution < -0.4 is 5.32 Å². The molecule has 2 rings (SSSR count). The number of hydrogen-bond acceptors (Lipinski definition) is 3. The summed E-state index contributed by atoms with van der Waals surface area (Å²) >= 11 is 0. The van der Waals surface area contributed by atoms with E-state index in [1.54, 1.807) is 19.1 Å². The van der Waals surface area contributed by atoms with Gasteiger partial charge in [-0.05, 0) is 31.9 Å². The van der Waals surface area contributed by atoms with Gasteiger partial charge in [0.05, 0.1) is 12.7 Å². The van der Waals surface area contributed by atoms with Crippen molar-refractivity contribution in [1.82, 2.24) is 0 Å². The average molecular weight is 267 g/mol. The lowest BCUT2D eigenvalue weighted by Crippen LogP contribution is -2.22. The summed E-state index contributed by atoms with van der Waals surface area (Å²) in [7, 11) is 0. The summed E-state index contributed by atoms with van der Waals surface area (Å²) in [6.45, 7) is 2.77. The van der Waals surface area contributed by atoms with Gasteiger partial charge in [0.1, 0.15) is 12.4 Å². The Labute approximate surface area is 111 Å². The zero-order chi connectivity index (χ0) is 13.7. The Morgan fingerprint density at radius 2 is 2.42 bits per heavy atom. The molecule has 0 unspecified atom stereocenters. The number of anilines is 1. The van der Waals surface area contributed by atoms with Crippen LogP contribution in [0.2, 0.25) is 0 Å². The van der Waals surface area contributed by atoms with Gasteiger partial charge in [-0.25, -0.2) is 4.39 Å². The highest BCUT2D eigenvalue weighted by molar-refractivity contribution is 5.92. The minimum Gasteiger partial charge on any atom is -0.376 e. The molecule has 0 bridgehead atoms. The molecule has 1 aromatic carbocycles. The Kier molecular flexibility index (Phi) is 4.87. The first-order valence-corrected chi connectivity index (χ1v) is 6.41. The third-order valence-corrected chi connectivity index (χ3v) is 3.10. The van der Waals surface area contributed by atoms with Gasteiger partial charge >= 0.3 is 0 Å². The van der Waals surface area contributed by atoms with Gasteiger partial charge in [0.25, 0.3) is 0 Å². The predicted molar refractivity (Wildman–Crippen MR) is 69.6 cm³/mol. The molecule has 19 heavy (non-hydrogen) atoms. The zero-order valence-corrected chi connectivity index (χ0v) is 10.9. The third kappa shape index (κ3) is 4.01. The van der Waals surface area contributed by atoms with E-state index in [0.717, 1.165) is 19.4 Å². The van der Waals surface area contributed by atoms with Crippen LogP contribution >= 0.6 is 0 Å². The summed E-state index contributed by atoms with van der Waals surface area (Å²) in [6.07, 6.45) is 2.12. The first kappa shape index (κ1) is 14.0. The number of amides is 1. The smallest absolute Gasteiger partial charge is 0.250 e. The van der Waals surface area contributed by atoms with E-state index in [2.05, 4.69) is 5.32 Å².